The van der Waals surface area contributed by atoms with Crippen molar-refractivity contribution in [1.29, 1.82) is 0 Å². The summed E-state index contributed by atoms with van der Waals surface area (Å²) in [7, 11) is 0. The highest BCUT2D eigenvalue weighted by Crippen LogP contribution is 2.22. The van der Waals surface area contributed by atoms with Crippen LogP contribution in [-0.2, 0) is 6.54 Å². The molecule has 19 heavy (non-hydrogen) atoms. The summed E-state index contributed by atoms with van der Waals surface area (Å²) < 4.78 is 0. The van der Waals surface area contributed by atoms with E-state index in [1.807, 2.05) is 38.2 Å². The van der Waals surface area contributed by atoms with Crippen LogP contribution in [0.1, 0.15) is 18.7 Å². The molecule has 1 atom stereocenters. The monoisotopic (exact) mass is 277 g/mol. The second kappa shape index (κ2) is 6.75. The van der Waals surface area contributed by atoms with Gasteiger partial charge in [-0.05, 0) is 18.1 Å². The van der Waals surface area contributed by atoms with Gasteiger partial charge in [0.2, 0.25) is 0 Å². The van der Waals surface area contributed by atoms with Gasteiger partial charge in [-0.2, -0.15) is 0 Å². The van der Waals surface area contributed by atoms with Gasteiger partial charge in [0.05, 0.1) is 11.8 Å². The average molecular weight is 277 g/mol. The Morgan fingerprint density at radius 2 is 2.16 bits per heavy atom. The zero-order valence-corrected chi connectivity index (χ0v) is 12.0. The van der Waals surface area contributed by atoms with Gasteiger partial charge in [0.15, 0.2) is 0 Å². The van der Waals surface area contributed by atoms with Crippen molar-refractivity contribution >= 4 is 11.3 Å². The topological polar surface area (TPSA) is 58.0 Å². The summed E-state index contributed by atoms with van der Waals surface area (Å²) in [6, 6.07) is 5.81. The lowest BCUT2D eigenvalue weighted by molar-refractivity contribution is 0.123. The number of aliphatic hydroxyl groups is 1. The lowest BCUT2D eigenvalue weighted by Crippen LogP contribution is -2.29. The predicted octanol–water partition coefficient (Wildman–Crippen LogP) is 2.31. The molecule has 4 nitrogen and oxygen atoms in total. The van der Waals surface area contributed by atoms with Crippen LogP contribution in [0.25, 0.3) is 10.7 Å². The first-order valence-electron chi connectivity index (χ1n) is 6.41. The van der Waals surface area contributed by atoms with Gasteiger partial charge in [-0.3, -0.25) is 4.98 Å². The molecular weight excluding hydrogens is 258 g/mol. The second-order valence-electron chi connectivity index (χ2n) is 4.79. The lowest BCUT2D eigenvalue weighted by atomic mass is 10.1. The Kier molecular flexibility index (Phi) is 5.01. The Bertz CT molecular complexity index is 498. The largest absolute Gasteiger partial charge is 0.392 e. The molecule has 0 saturated heterocycles. The molecule has 5 heteroatoms. The van der Waals surface area contributed by atoms with E-state index in [4.69, 9.17) is 0 Å². The van der Waals surface area contributed by atoms with Crippen LogP contribution in [0.15, 0.2) is 30.6 Å². The third-order valence-electron chi connectivity index (χ3n) is 2.86. The van der Waals surface area contributed by atoms with E-state index in [0.717, 1.165) is 22.1 Å². The first-order chi connectivity index (χ1) is 9.16. The fourth-order valence-corrected chi connectivity index (χ4v) is 2.43. The molecule has 0 fully saturated rings. The van der Waals surface area contributed by atoms with Crippen LogP contribution in [0.4, 0.5) is 0 Å². The van der Waals surface area contributed by atoms with Crippen LogP contribution in [0.5, 0.6) is 0 Å². The van der Waals surface area contributed by atoms with Crippen molar-refractivity contribution in [1.82, 2.24) is 15.3 Å². The molecule has 0 aromatic carbocycles. The van der Waals surface area contributed by atoms with Crippen molar-refractivity contribution in [3.05, 3.63) is 35.5 Å². The number of hydrogen-bond donors (Lipinski definition) is 2. The van der Waals surface area contributed by atoms with Crippen molar-refractivity contribution in [2.75, 3.05) is 6.54 Å². The first-order valence-corrected chi connectivity index (χ1v) is 7.23. The molecule has 2 N–H and O–H groups in total. The molecule has 0 aliphatic carbocycles. The fourth-order valence-electron chi connectivity index (χ4n) is 1.58. The van der Waals surface area contributed by atoms with Crippen LogP contribution in [0.3, 0.4) is 0 Å². The predicted molar refractivity (Wildman–Crippen MR) is 77.9 cm³/mol. The van der Waals surface area contributed by atoms with E-state index >= 15 is 0 Å². The minimum Gasteiger partial charge on any atom is -0.392 e. The summed E-state index contributed by atoms with van der Waals surface area (Å²) in [5.41, 5.74) is 0.904. The van der Waals surface area contributed by atoms with Crippen LogP contribution >= 0.6 is 11.3 Å². The molecule has 0 radical (unpaired) electrons. The van der Waals surface area contributed by atoms with E-state index in [1.165, 1.54) is 0 Å². The summed E-state index contributed by atoms with van der Waals surface area (Å²) >= 11 is 1.63. The Hall–Kier alpha value is -1.30. The highest BCUT2D eigenvalue weighted by molar-refractivity contribution is 7.14. The van der Waals surface area contributed by atoms with Gasteiger partial charge in [-0.1, -0.05) is 19.9 Å². The van der Waals surface area contributed by atoms with E-state index in [0.29, 0.717) is 6.54 Å². The van der Waals surface area contributed by atoms with E-state index in [2.05, 4.69) is 15.3 Å². The van der Waals surface area contributed by atoms with Gasteiger partial charge in [-0.25, -0.2) is 4.98 Å². The lowest BCUT2D eigenvalue weighted by Gasteiger charge is -2.14. The molecule has 0 aliphatic rings. The van der Waals surface area contributed by atoms with E-state index in [9.17, 15) is 5.11 Å². The van der Waals surface area contributed by atoms with Crippen LogP contribution in [0.2, 0.25) is 0 Å². The molecule has 2 aromatic rings. The molecule has 1 unspecified atom stereocenters. The molecule has 2 heterocycles. The molecule has 0 saturated carbocycles. The molecular formula is C14H19N3OS. The van der Waals surface area contributed by atoms with Gasteiger partial charge in [0.1, 0.15) is 5.01 Å². The van der Waals surface area contributed by atoms with Gasteiger partial charge in [0, 0.05) is 30.4 Å². The number of hydrogen-bond acceptors (Lipinski definition) is 5. The smallest absolute Gasteiger partial charge is 0.142 e. The van der Waals surface area contributed by atoms with E-state index in [1.54, 1.807) is 17.5 Å². The van der Waals surface area contributed by atoms with Crippen LogP contribution < -0.4 is 5.32 Å². The Balaban J connectivity index is 1.88. The summed E-state index contributed by atoms with van der Waals surface area (Å²) in [5.74, 6) is 0.276. The number of nitrogens with one attached hydrogen (secondary N) is 1. The Morgan fingerprint density at radius 3 is 2.84 bits per heavy atom. The minimum atomic E-state index is -0.303. The maximum Gasteiger partial charge on any atom is 0.142 e. The zero-order valence-electron chi connectivity index (χ0n) is 11.2. The number of aromatic nitrogens is 2. The quantitative estimate of drug-likeness (QED) is 0.850. The molecule has 2 aromatic heterocycles. The first kappa shape index (κ1) is 14.1. The molecule has 0 bridgehead atoms. The van der Waals surface area contributed by atoms with Crippen molar-refractivity contribution in [2.45, 2.75) is 26.5 Å². The molecule has 0 amide bonds. The molecule has 2 rings (SSSR count). The number of nitrogens with zero attached hydrogens (tertiary/aromatic N) is 2. The normalized spacial score (nSPS) is 12.8. The third-order valence-corrected chi connectivity index (χ3v) is 3.88. The average Bonchev–Trinajstić information content (AvgIpc) is 2.88. The number of pyridine rings is 1. The van der Waals surface area contributed by atoms with Gasteiger partial charge < -0.3 is 10.4 Å². The minimum absolute atomic E-state index is 0.276. The summed E-state index contributed by atoms with van der Waals surface area (Å²) in [6.45, 7) is 5.36. The standard InChI is InChI=1S/C14H19N3OS/c1-10(2)13(18)9-15-7-11-8-17-14(19-11)12-5-3-4-6-16-12/h3-6,8,10,13,15,18H,7,9H2,1-2H3. The second-order valence-corrected chi connectivity index (χ2v) is 5.90. The zero-order chi connectivity index (χ0) is 13.7. The third kappa shape index (κ3) is 4.09. The van der Waals surface area contributed by atoms with Gasteiger partial charge in [0.25, 0.3) is 0 Å². The van der Waals surface area contributed by atoms with Crippen molar-refractivity contribution in [3.63, 3.8) is 0 Å². The maximum absolute atomic E-state index is 9.70. The van der Waals surface area contributed by atoms with Crippen LogP contribution in [-0.4, -0.2) is 27.7 Å². The van der Waals surface area contributed by atoms with Crippen molar-refractivity contribution in [3.8, 4) is 10.7 Å². The highest BCUT2D eigenvalue weighted by Gasteiger charge is 2.09. The molecule has 0 aliphatic heterocycles. The highest BCUT2D eigenvalue weighted by atomic mass is 32.1. The van der Waals surface area contributed by atoms with Crippen LogP contribution in [0, 0.1) is 5.92 Å². The van der Waals surface area contributed by atoms with Crippen molar-refractivity contribution < 1.29 is 5.11 Å². The number of aliphatic hydroxyl groups excluding tert-OH is 1. The fraction of sp³-hybridized carbons (Fsp3) is 0.429. The summed E-state index contributed by atoms with van der Waals surface area (Å²) in [6.07, 6.45) is 3.33. The van der Waals surface area contributed by atoms with Crippen molar-refractivity contribution in [2.24, 2.45) is 5.92 Å². The van der Waals surface area contributed by atoms with E-state index in [-0.39, 0.29) is 12.0 Å². The number of thiazole rings is 1. The SMILES string of the molecule is CC(C)C(O)CNCc1cnc(-c2ccccn2)s1. The maximum atomic E-state index is 9.70. The molecule has 102 valence electrons. The van der Waals surface area contributed by atoms with Gasteiger partial charge in [-0.15, -0.1) is 11.3 Å². The summed E-state index contributed by atoms with van der Waals surface area (Å²) in [4.78, 5) is 9.80. The Morgan fingerprint density at radius 1 is 1.32 bits per heavy atom. The van der Waals surface area contributed by atoms with Gasteiger partial charge >= 0.3 is 0 Å². The Labute approximate surface area is 117 Å². The van der Waals surface area contributed by atoms with E-state index < -0.39 is 0 Å². The molecule has 0 spiro atoms. The summed E-state index contributed by atoms with van der Waals surface area (Å²) in [5, 5.41) is 13.9. The number of rotatable bonds is 6.